The van der Waals surface area contributed by atoms with Gasteiger partial charge in [-0.25, -0.2) is 0 Å². The molecule has 32 heavy (non-hydrogen) atoms. The fraction of sp³-hybridized carbons (Fsp3) is 0.185. The van der Waals surface area contributed by atoms with Crippen LogP contribution < -0.4 is 0 Å². The van der Waals surface area contributed by atoms with Crippen LogP contribution in [-0.2, 0) is 20.1 Å². The molecule has 0 aliphatic rings. The van der Waals surface area contributed by atoms with Gasteiger partial charge in [0.2, 0.25) is 0 Å². The molecule has 165 valence electrons. The Kier molecular flexibility index (Phi) is 8.05. The number of rotatable bonds is 3. The van der Waals surface area contributed by atoms with E-state index in [1.54, 1.807) is 13.8 Å². The predicted octanol–water partition coefficient (Wildman–Crippen LogP) is 5.54. The van der Waals surface area contributed by atoms with E-state index in [2.05, 4.69) is 48.5 Å². The summed E-state index contributed by atoms with van der Waals surface area (Å²) in [4.78, 5) is 9.68. The number of benzene rings is 4. The Bertz CT molecular complexity index is 1280. The first-order chi connectivity index (χ1) is 15.0. The Balaban J connectivity index is 0.000000318. The molecule has 0 bridgehead atoms. The van der Waals surface area contributed by atoms with Crippen LogP contribution in [-0.4, -0.2) is 32.4 Å². The Morgan fingerprint density at radius 2 is 1.41 bits per heavy atom. The van der Waals surface area contributed by atoms with Crippen LogP contribution in [0.15, 0.2) is 79.0 Å². The van der Waals surface area contributed by atoms with Crippen LogP contribution in [0, 0.1) is 6.07 Å². The normalized spacial score (nSPS) is 12.6. The van der Waals surface area contributed by atoms with Crippen LogP contribution in [0.5, 0.6) is 0 Å². The smallest absolute Gasteiger partial charge is 0.0873 e. The van der Waals surface area contributed by atoms with E-state index in [0.29, 0.717) is 6.42 Å². The van der Waals surface area contributed by atoms with Crippen LogP contribution >= 0.6 is 0 Å². The van der Waals surface area contributed by atoms with E-state index in [0.717, 1.165) is 33.1 Å². The summed E-state index contributed by atoms with van der Waals surface area (Å²) >= 11 is 0. The summed E-state index contributed by atoms with van der Waals surface area (Å²) in [6.45, 7) is 3.32. The van der Waals surface area contributed by atoms with Crippen molar-refractivity contribution in [3.05, 3.63) is 85.1 Å². The Hall–Kier alpha value is -2.69. The molecule has 5 heteroatoms. The molecule has 4 nitrogen and oxygen atoms in total. The van der Waals surface area contributed by atoms with Gasteiger partial charge >= 0.3 is 0 Å². The Labute approximate surface area is 201 Å². The van der Waals surface area contributed by atoms with Crippen molar-refractivity contribution in [3.8, 4) is 11.3 Å². The molecule has 2 N–H and O–H groups in total. The van der Waals surface area contributed by atoms with Gasteiger partial charge in [0.05, 0.1) is 23.4 Å². The van der Waals surface area contributed by atoms with Gasteiger partial charge in [-0.3, -0.25) is 4.98 Å². The number of fused-ring (bicyclic) bond motifs is 6. The number of aromatic nitrogens is 2. The molecule has 0 saturated heterocycles. The summed E-state index contributed by atoms with van der Waals surface area (Å²) in [6.07, 6.45) is 1.58. The molecular formula is C27H25IrN2O2-. The monoisotopic (exact) mass is 602 g/mol. The zero-order valence-electron chi connectivity index (χ0n) is 18.0. The van der Waals surface area contributed by atoms with Gasteiger partial charge in [-0.1, -0.05) is 65.4 Å². The third kappa shape index (κ3) is 5.20. The van der Waals surface area contributed by atoms with Crippen LogP contribution in [0.3, 0.4) is 0 Å². The standard InChI is InChI=1S/C22H13N2.C5H12O2.Ir/c1-2-8-15(9-3-1)20-14-23-21-18-12-6-4-10-16(18)17-11-5-7-13-19(17)22(21)24-20;1-4(6)3-5(2)7;/h1-11,13-14H;4-7H,3H2,1-2H3;/q-1;;. The largest absolute Gasteiger partial charge is 0.393 e. The molecule has 0 aliphatic carbocycles. The zero-order chi connectivity index (χ0) is 21.8. The molecule has 5 aromatic rings. The maximum Gasteiger partial charge on any atom is 0.0873 e. The summed E-state index contributed by atoms with van der Waals surface area (Å²) < 4.78 is 0. The quantitative estimate of drug-likeness (QED) is 0.211. The van der Waals surface area contributed by atoms with Gasteiger partial charge in [0.25, 0.3) is 0 Å². The van der Waals surface area contributed by atoms with Crippen LogP contribution in [0.25, 0.3) is 43.8 Å². The minimum atomic E-state index is -0.375. The first-order valence-corrected chi connectivity index (χ1v) is 10.4. The SMILES string of the molecule is CC(O)CC(C)O.[Ir].[c-]1cccc2c1c1ncc(-c3ccccc3)nc1c1ccccc21. The van der Waals surface area contributed by atoms with E-state index < -0.39 is 0 Å². The summed E-state index contributed by atoms with van der Waals surface area (Å²) in [6, 6.07) is 28.0. The van der Waals surface area contributed by atoms with Crippen LogP contribution in [0.1, 0.15) is 20.3 Å². The first-order valence-electron chi connectivity index (χ1n) is 10.4. The third-order valence-corrected chi connectivity index (χ3v) is 5.09. The van der Waals surface area contributed by atoms with Crippen molar-refractivity contribution in [2.45, 2.75) is 32.5 Å². The summed E-state index contributed by atoms with van der Waals surface area (Å²) in [5, 5.41) is 21.6. The molecule has 0 amide bonds. The van der Waals surface area contributed by atoms with E-state index >= 15 is 0 Å². The van der Waals surface area contributed by atoms with Gasteiger partial charge in [-0.05, 0) is 25.7 Å². The van der Waals surface area contributed by atoms with Crippen molar-refractivity contribution >= 4 is 32.6 Å². The predicted molar refractivity (Wildman–Crippen MR) is 127 cm³/mol. The number of hydrogen-bond acceptors (Lipinski definition) is 4. The number of nitrogens with zero attached hydrogens (tertiary/aromatic N) is 2. The number of hydrogen-bond donors (Lipinski definition) is 2. The van der Waals surface area contributed by atoms with Crippen molar-refractivity contribution in [2.75, 3.05) is 0 Å². The molecule has 2 atom stereocenters. The topological polar surface area (TPSA) is 66.2 Å². The molecular weight excluding hydrogens is 577 g/mol. The summed E-state index contributed by atoms with van der Waals surface area (Å²) in [5.74, 6) is 0. The van der Waals surface area contributed by atoms with Gasteiger partial charge in [-0.15, -0.1) is 29.7 Å². The average Bonchev–Trinajstić information content (AvgIpc) is 2.79. The van der Waals surface area contributed by atoms with Crippen molar-refractivity contribution in [2.24, 2.45) is 0 Å². The molecule has 0 spiro atoms. The molecule has 1 heterocycles. The summed E-state index contributed by atoms with van der Waals surface area (Å²) in [7, 11) is 0. The summed E-state index contributed by atoms with van der Waals surface area (Å²) in [5.41, 5.74) is 3.81. The minimum Gasteiger partial charge on any atom is -0.393 e. The molecule has 0 saturated carbocycles. The maximum absolute atomic E-state index is 8.56. The van der Waals surface area contributed by atoms with E-state index in [-0.39, 0.29) is 32.3 Å². The molecule has 5 rings (SSSR count). The van der Waals surface area contributed by atoms with Crippen molar-refractivity contribution in [1.29, 1.82) is 0 Å². The van der Waals surface area contributed by atoms with E-state index in [1.165, 1.54) is 10.8 Å². The Morgan fingerprint density at radius 3 is 2.06 bits per heavy atom. The minimum absolute atomic E-state index is 0. The Morgan fingerprint density at radius 1 is 0.781 bits per heavy atom. The average molecular weight is 602 g/mol. The fourth-order valence-electron chi connectivity index (χ4n) is 3.78. The van der Waals surface area contributed by atoms with Gasteiger partial charge in [0.1, 0.15) is 0 Å². The van der Waals surface area contributed by atoms with Gasteiger partial charge in [0, 0.05) is 37.4 Å². The van der Waals surface area contributed by atoms with E-state index in [4.69, 9.17) is 20.2 Å². The molecule has 0 aliphatic heterocycles. The second-order valence-corrected chi connectivity index (χ2v) is 7.76. The van der Waals surface area contributed by atoms with Gasteiger partial charge < -0.3 is 15.2 Å². The van der Waals surface area contributed by atoms with Crippen LogP contribution in [0.4, 0.5) is 0 Å². The van der Waals surface area contributed by atoms with Crippen molar-refractivity contribution in [3.63, 3.8) is 0 Å². The van der Waals surface area contributed by atoms with E-state index in [9.17, 15) is 0 Å². The van der Waals surface area contributed by atoms with Gasteiger partial charge in [-0.2, -0.15) is 0 Å². The number of aliphatic hydroxyl groups excluding tert-OH is 2. The second-order valence-electron chi connectivity index (χ2n) is 7.76. The van der Waals surface area contributed by atoms with E-state index in [1.807, 2.05) is 36.5 Å². The first kappa shape index (κ1) is 24.0. The second kappa shape index (κ2) is 10.8. The fourth-order valence-corrected chi connectivity index (χ4v) is 3.78. The molecule has 0 fully saturated rings. The molecule has 2 unspecified atom stereocenters. The van der Waals surface area contributed by atoms with Crippen molar-refractivity contribution < 1.29 is 30.3 Å². The van der Waals surface area contributed by atoms with Gasteiger partial charge in [0.15, 0.2) is 0 Å². The van der Waals surface area contributed by atoms with Crippen molar-refractivity contribution in [1.82, 2.24) is 9.97 Å². The molecule has 1 radical (unpaired) electrons. The molecule has 4 aromatic carbocycles. The zero-order valence-corrected chi connectivity index (χ0v) is 20.4. The third-order valence-electron chi connectivity index (χ3n) is 5.09. The number of aliphatic hydroxyl groups is 2. The van der Waals surface area contributed by atoms with Crippen LogP contribution in [0.2, 0.25) is 0 Å². The molecule has 1 aromatic heterocycles. The maximum atomic E-state index is 8.56.